The number of furan rings is 1. The first kappa shape index (κ1) is 16.8. The van der Waals surface area contributed by atoms with Crippen LogP contribution in [0.5, 0.6) is 5.75 Å². The molecule has 0 aliphatic carbocycles. The number of aldehydes is 1. The Balaban J connectivity index is 1.88. The first-order chi connectivity index (χ1) is 11.4. The Bertz CT molecular complexity index is 888. The van der Waals surface area contributed by atoms with E-state index in [0.717, 1.165) is 32.9 Å². The summed E-state index contributed by atoms with van der Waals surface area (Å²) in [7, 11) is 0. The molecule has 2 aromatic carbocycles. The number of ether oxygens (including phenoxy) is 1. The Morgan fingerprint density at radius 3 is 2.67 bits per heavy atom. The average molecular weight is 387 g/mol. The zero-order chi connectivity index (χ0) is 17.3. The van der Waals surface area contributed by atoms with Crippen LogP contribution in [-0.4, -0.2) is 6.29 Å². The van der Waals surface area contributed by atoms with Crippen molar-refractivity contribution in [3.63, 3.8) is 0 Å². The highest BCUT2D eigenvalue weighted by atomic mass is 79.9. The van der Waals surface area contributed by atoms with Crippen LogP contribution in [0.3, 0.4) is 0 Å². The van der Waals surface area contributed by atoms with Crippen LogP contribution in [0.4, 0.5) is 0 Å². The molecule has 3 nitrogen and oxygen atoms in total. The molecule has 3 rings (SSSR count). The first-order valence-electron chi connectivity index (χ1n) is 7.76. The van der Waals surface area contributed by atoms with Crippen LogP contribution < -0.4 is 4.74 Å². The standard InChI is InChI=1S/C20H19BrO3/c1-20(2,3)16-5-4-15(11-22)18(10-16)24-12-13-8-14-6-7-23-19(14)17(21)9-13/h4-11H,12H2,1-3H3. The Hall–Kier alpha value is -2.07. The fraction of sp³-hybridized carbons (Fsp3) is 0.250. The molecule has 1 heterocycles. The quantitative estimate of drug-likeness (QED) is 0.525. The maximum Gasteiger partial charge on any atom is 0.153 e. The molecule has 24 heavy (non-hydrogen) atoms. The third kappa shape index (κ3) is 3.39. The van der Waals surface area contributed by atoms with Gasteiger partial charge in [0.1, 0.15) is 17.9 Å². The van der Waals surface area contributed by atoms with Gasteiger partial charge in [-0.2, -0.15) is 0 Å². The minimum absolute atomic E-state index is 0.00173. The lowest BCUT2D eigenvalue weighted by Gasteiger charge is -2.20. The van der Waals surface area contributed by atoms with Gasteiger partial charge in [0, 0.05) is 5.39 Å². The number of hydrogen-bond acceptors (Lipinski definition) is 3. The molecule has 0 bridgehead atoms. The summed E-state index contributed by atoms with van der Waals surface area (Å²) in [6, 6.07) is 11.7. The van der Waals surface area contributed by atoms with Gasteiger partial charge in [-0.05, 0) is 62.8 Å². The minimum atomic E-state index is -0.00173. The summed E-state index contributed by atoms with van der Waals surface area (Å²) in [5, 5.41) is 1.02. The predicted molar refractivity (Wildman–Crippen MR) is 98.8 cm³/mol. The van der Waals surface area contributed by atoms with E-state index in [2.05, 4.69) is 36.7 Å². The van der Waals surface area contributed by atoms with Crippen molar-refractivity contribution in [2.24, 2.45) is 0 Å². The molecule has 0 atom stereocenters. The lowest BCUT2D eigenvalue weighted by Crippen LogP contribution is -2.11. The van der Waals surface area contributed by atoms with Gasteiger partial charge in [-0.15, -0.1) is 0 Å². The van der Waals surface area contributed by atoms with Gasteiger partial charge in [0.2, 0.25) is 0 Å². The van der Waals surface area contributed by atoms with Gasteiger partial charge in [-0.1, -0.05) is 26.8 Å². The Morgan fingerprint density at radius 1 is 1.17 bits per heavy atom. The van der Waals surface area contributed by atoms with E-state index in [4.69, 9.17) is 9.15 Å². The van der Waals surface area contributed by atoms with Crippen molar-refractivity contribution in [3.05, 3.63) is 63.8 Å². The molecule has 3 aromatic rings. The smallest absolute Gasteiger partial charge is 0.153 e. The third-order valence-electron chi connectivity index (χ3n) is 3.97. The minimum Gasteiger partial charge on any atom is -0.488 e. The number of benzene rings is 2. The Kier molecular flexibility index (Phi) is 4.50. The van der Waals surface area contributed by atoms with Crippen LogP contribution in [0.15, 0.2) is 51.6 Å². The van der Waals surface area contributed by atoms with Gasteiger partial charge < -0.3 is 9.15 Å². The molecule has 1 aromatic heterocycles. The van der Waals surface area contributed by atoms with Crippen molar-refractivity contribution in [1.29, 1.82) is 0 Å². The van der Waals surface area contributed by atoms with Crippen molar-refractivity contribution >= 4 is 33.2 Å². The van der Waals surface area contributed by atoms with Gasteiger partial charge in [0.05, 0.1) is 16.3 Å². The molecule has 0 unspecified atom stereocenters. The zero-order valence-electron chi connectivity index (χ0n) is 13.9. The fourth-order valence-corrected chi connectivity index (χ4v) is 3.18. The SMILES string of the molecule is CC(C)(C)c1ccc(C=O)c(OCc2cc(Br)c3occc3c2)c1. The summed E-state index contributed by atoms with van der Waals surface area (Å²) in [5.41, 5.74) is 3.52. The number of carbonyl (C=O) groups excluding carboxylic acids is 1. The highest BCUT2D eigenvalue weighted by molar-refractivity contribution is 9.10. The number of rotatable bonds is 4. The van der Waals surface area contributed by atoms with E-state index in [-0.39, 0.29) is 5.41 Å². The van der Waals surface area contributed by atoms with Crippen LogP contribution in [0.2, 0.25) is 0 Å². The molecular formula is C20H19BrO3. The summed E-state index contributed by atoms with van der Waals surface area (Å²) >= 11 is 3.51. The van der Waals surface area contributed by atoms with E-state index in [0.29, 0.717) is 17.9 Å². The molecule has 0 aliphatic heterocycles. The second-order valence-corrected chi connectivity index (χ2v) is 7.68. The fourth-order valence-electron chi connectivity index (χ4n) is 2.56. The van der Waals surface area contributed by atoms with Crippen molar-refractivity contribution in [2.45, 2.75) is 32.8 Å². The molecule has 0 fully saturated rings. The normalized spacial score (nSPS) is 11.7. The molecule has 0 spiro atoms. The second-order valence-electron chi connectivity index (χ2n) is 6.83. The van der Waals surface area contributed by atoms with Gasteiger partial charge in [0.15, 0.2) is 6.29 Å². The topological polar surface area (TPSA) is 39.4 Å². The maximum absolute atomic E-state index is 11.3. The predicted octanol–water partition coefficient (Wildman–Crippen LogP) is 5.88. The van der Waals surface area contributed by atoms with Crippen LogP contribution in [0.25, 0.3) is 11.0 Å². The van der Waals surface area contributed by atoms with Crippen LogP contribution in [0.1, 0.15) is 42.3 Å². The number of fused-ring (bicyclic) bond motifs is 1. The molecule has 0 radical (unpaired) electrons. The molecular weight excluding hydrogens is 368 g/mol. The number of carbonyl (C=O) groups is 1. The van der Waals surface area contributed by atoms with Gasteiger partial charge in [0.25, 0.3) is 0 Å². The summed E-state index contributed by atoms with van der Waals surface area (Å²) < 4.78 is 12.3. The monoisotopic (exact) mass is 386 g/mol. The summed E-state index contributed by atoms with van der Waals surface area (Å²) in [5.74, 6) is 0.612. The lowest BCUT2D eigenvalue weighted by atomic mass is 9.86. The van der Waals surface area contributed by atoms with E-state index in [9.17, 15) is 4.79 Å². The Morgan fingerprint density at radius 2 is 1.96 bits per heavy atom. The van der Waals surface area contributed by atoms with Gasteiger partial charge >= 0.3 is 0 Å². The van der Waals surface area contributed by atoms with E-state index < -0.39 is 0 Å². The molecule has 0 saturated heterocycles. The van der Waals surface area contributed by atoms with E-state index in [1.807, 2.05) is 36.4 Å². The number of hydrogen-bond donors (Lipinski definition) is 0. The average Bonchev–Trinajstić information content (AvgIpc) is 3.01. The van der Waals surface area contributed by atoms with Crippen molar-refractivity contribution in [2.75, 3.05) is 0 Å². The van der Waals surface area contributed by atoms with Crippen molar-refractivity contribution in [1.82, 2.24) is 0 Å². The zero-order valence-corrected chi connectivity index (χ0v) is 15.5. The second kappa shape index (κ2) is 6.44. The molecule has 0 amide bonds. The number of halogens is 1. The summed E-state index contributed by atoms with van der Waals surface area (Å²) in [6.07, 6.45) is 2.49. The molecule has 0 N–H and O–H groups in total. The molecule has 4 heteroatoms. The summed E-state index contributed by atoms with van der Waals surface area (Å²) in [4.78, 5) is 11.3. The molecule has 0 aliphatic rings. The molecule has 0 saturated carbocycles. The third-order valence-corrected chi connectivity index (χ3v) is 4.56. The lowest BCUT2D eigenvalue weighted by molar-refractivity contribution is 0.111. The van der Waals surface area contributed by atoms with E-state index in [1.165, 1.54) is 0 Å². The molecule has 124 valence electrons. The maximum atomic E-state index is 11.3. The van der Waals surface area contributed by atoms with Gasteiger partial charge in [-0.3, -0.25) is 4.79 Å². The van der Waals surface area contributed by atoms with Crippen molar-refractivity contribution in [3.8, 4) is 5.75 Å². The summed E-state index contributed by atoms with van der Waals surface area (Å²) in [6.45, 7) is 6.79. The highest BCUT2D eigenvalue weighted by Crippen LogP contribution is 2.30. The van der Waals surface area contributed by atoms with Gasteiger partial charge in [-0.25, -0.2) is 0 Å². The largest absolute Gasteiger partial charge is 0.488 e. The van der Waals surface area contributed by atoms with E-state index in [1.54, 1.807) is 6.26 Å². The van der Waals surface area contributed by atoms with Crippen LogP contribution in [0, 0.1) is 0 Å². The van der Waals surface area contributed by atoms with Crippen molar-refractivity contribution < 1.29 is 13.9 Å². The first-order valence-corrected chi connectivity index (χ1v) is 8.56. The van der Waals surface area contributed by atoms with Crippen LogP contribution >= 0.6 is 15.9 Å². The van der Waals surface area contributed by atoms with Crippen LogP contribution in [-0.2, 0) is 12.0 Å². The highest BCUT2D eigenvalue weighted by Gasteiger charge is 2.16. The van der Waals surface area contributed by atoms with E-state index >= 15 is 0 Å². The Labute approximate surface area is 149 Å².